The molecule has 1 aliphatic rings. The molecule has 0 atom stereocenters. The van der Waals surface area contributed by atoms with Gasteiger partial charge in [-0.3, -0.25) is 15.0 Å². The fourth-order valence-electron chi connectivity index (χ4n) is 2.84. The van der Waals surface area contributed by atoms with E-state index in [2.05, 4.69) is 26.7 Å². The van der Waals surface area contributed by atoms with Gasteiger partial charge in [-0.1, -0.05) is 12.7 Å². The first kappa shape index (κ1) is 18.4. The second-order valence-electron chi connectivity index (χ2n) is 6.48. The van der Waals surface area contributed by atoms with Gasteiger partial charge in [0.15, 0.2) is 0 Å². The maximum Gasteiger partial charge on any atom is 0.120 e. The lowest BCUT2D eigenvalue weighted by Crippen LogP contribution is -2.36. The van der Waals surface area contributed by atoms with Crippen molar-refractivity contribution in [2.24, 2.45) is 4.99 Å². The Morgan fingerprint density at radius 3 is 2.96 bits per heavy atom. The quantitative estimate of drug-likeness (QED) is 0.612. The van der Waals surface area contributed by atoms with Crippen LogP contribution in [-0.4, -0.2) is 60.4 Å². The number of benzene rings is 1. The molecular formula is C20H26N4O2. The average molecular weight is 354 g/mol. The van der Waals surface area contributed by atoms with Gasteiger partial charge in [-0.05, 0) is 38.1 Å². The molecule has 0 unspecified atom stereocenters. The molecule has 0 radical (unpaired) electrons. The number of H-pyrrole nitrogens is 1. The van der Waals surface area contributed by atoms with Gasteiger partial charge in [0.25, 0.3) is 0 Å². The number of hydrogen-bond acceptors (Lipinski definition) is 5. The highest BCUT2D eigenvalue weighted by atomic mass is 16.5. The molecule has 6 heteroatoms. The number of hydrogen-bond donors (Lipinski definition) is 1. The van der Waals surface area contributed by atoms with E-state index in [1.165, 1.54) is 0 Å². The summed E-state index contributed by atoms with van der Waals surface area (Å²) in [5.74, 6) is 0.833. The van der Waals surface area contributed by atoms with Gasteiger partial charge in [0.05, 0.1) is 31.5 Å². The van der Waals surface area contributed by atoms with Gasteiger partial charge in [0.2, 0.25) is 0 Å². The molecular weight excluding hydrogens is 328 g/mol. The second-order valence-corrected chi connectivity index (χ2v) is 6.48. The van der Waals surface area contributed by atoms with E-state index in [1.54, 1.807) is 6.08 Å². The van der Waals surface area contributed by atoms with Crippen LogP contribution in [0.5, 0.6) is 5.75 Å². The predicted molar refractivity (Wildman–Crippen MR) is 106 cm³/mol. The molecule has 3 rings (SSSR count). The lowest BCUT2D eigenvalue weighted by Gasteiger charge is -2.24. The second kappa shape index (κ2) is 8.78. The molecule has 1 aromatic heterocycles. The normalized spacial score (nSPS) is 16.7. The summed E-state index contributed by atoms with van der Waals surface area (Å²) in [4.78, 5) is 6.75. The van der Waals surface area contributed by atoms with E-state index < -0.39 is 0 Å². The number of aromatic amines is 1. The highest BCUT2D eigenvalue weighted by Gasteiger charge is 2.10. The monoisotopic (exact) mass is 354 g/mol. The van der Waals surface area contributed by atoms with E-state index in [9.17, 15) is 0 Å². The molecule has 2 aromatic rings. The van der Waals surface area contributed by atoms with E-state index in [4.69, 9.17) is 9.47 Å². The molecule has 0 aliphatic carbocycles. The van der Waals surface area contributed by atoms with Crippen molar-refractivity contribution in [3.63, 3.8) is 0 Å². The summed E-state index contributed by atoms with van der Waals surface area (Å²) in [5.41, 5.74) is 2.74. The molecule has 6 nitrogen and oxygen atoms in total. The van der Waals surface area contributed by atoms with Crippen LogP contribution in [0.4, 0.5) is 0 Å². The lowest BCUT2D eigenvalue weighted by molar-refractivity contribution is 0.0395. The molecule has 1 N–H and O–H groups in total. The van der Waals surface area contributed by atoms with Crippen LogP contribution >= 0.6 is 0 Å². The minimum atomic E-state index is 0.129. The number of morpholine rings is 1. The minimum Gasteiger partial charge on any atom is -0.491 e. The van der Waals surface area contributed by atoms with Crippen molar-refractivity contribution >= 4 is 22.7 Å². The van der Waals surface area contributed by atoms with Gasteiger partial charge in [0, 0.05) is 30.3 Å². The summed E-state index contributed by atoms with van der Waals surface area (Å²) >= 11 is 0. The number of rotatable bonds is 7. The van der Waals surface area contributed by atoms with Crippen LogP contribution in [0.3, 0.4) is 0 Å². The molecule has 1 fully saturated rings. The largest absolute Gasteiger partial charge is 0.491 e. The SMILES string of the molecule is C=C/C(=C\C=NCN1CCOCC1)c1n[nH]c2ccc(OC(C)C)cc12. The number of fused-ring (bicyclic) bond motifs is 1. The van der Waals surface area contributed by atoms with Gasteiger partial charge >= 0.3 is 0 Å². The van der Waals surface area contributed by atoms with Crippen molar-refractivity contribution < 1.29 is 9.47 Å². The van der Waals surface area contributed by atoms with E-state index in [1.807, 2.05) is 44.3 Å². The van der Waals surface area contributed by atoms with E-state index in [0.717, 1.165) is 54.2 Å². The zero-order valence-corrected chi connectivity index (χ0v) is 15.4. The Morgan fingerprint density at radius 2 is 2.23 bits per heavy atom. The van der Waals surface area contributed by atoms with Gasteiger partial charge in [-0.25, -0.2) is 0 Å². The summed E-state index contributed by atoms with van der Waals surface area (Å²) in [6.45, 7) is 12.0. The Morgan fingerprint density at radius 1 is 1.42 bits per heavy atom. The summed E-state index contributed by atoms with van der Waals surface area (Å²) < 4.78 is 11.1. The Hall–Kier alpha value is -2.44. The first-order valence-corrected chi connectivity index (χ1v) is 8.95. The van der Waals surface area contributed by atoms with E-state index >= 15 is 0 Å². The summed E-state index contributed by atoms with van der Waals surface area (Å²) in [6.07, 6.45) is 5.69. The third-order valence-electron chi connectivity index (χ3n) is 4.14. The molecule has 138 valence electrons. The van der Waals surface area contributed by atoms with Crippen molar-refractivity contribution in [2.45, 2.75) is 20.0 Å². The summed E-state index contributed by atoms with van der Waals surface area (Å²) in [6, 6.07) is 5.94. The van der Waals surface area contributed by atoms with E-state index in [-0.39, 0.29) is 6.10 Å². The molecule has 1 aliphatic heterocycles. The van der Waals surface area contributed by atoms with Crippen molar-refractivity contribution in [2.75, 3.05) is 33.0 Å². The van der Waals surface area contributed by atoms with E-state index in [0.29, 0.717) is 6.67 Å². The van der Waals surface area contributed by atoms with Crippen LogP contribution in [-0.2, 0) is 4.74 Å². The first-order valence-electron chi connectivity index (χ1n) is 8.95. The Bertz CT molecular complexity index is 801. The predicted octanol–water partition coefficient (Wildman–Crippen LogP) is 3.28. The molecule has 1 saturated heterocycles. The average Bonchev–Trinajstić information content (AvgIpc) is 3.05. The first-order chi connectivity index (χ1) is 12.7. The van der Waals surface area contributed by atoms with Crippen LogP contribution in [0.25, 0.3) is 16.5 Å². The van der Waals surface area contributed by atoms with Gasteiger partial charge < -0.3 is 9.47 Å². The molecule has 1 aromatic carbocycles. The van der Waals surface area contributed by atoms with Crippen LogP contribution in [0, 0.1) is 0 Å². The topological polar surface area (TPSA) is 62.7 Å². The standard InChI is InChI=1S/C20H26N4O2/c1-4-16(7-8-21-14-24-9-11-25-12-10-24)20-18-13-17(26-15(2)3)5-6-19(18)22-23-20/h4-8,13,15H,1,9-12,14H2,2-3H3,(H,22,23)/b16-7+,21-8?. The van der Waals surface area contributed by atoms with Crippen molar-refractivity contribution in [1.82, 2.24) is 15.1 Å². The number of nitrogens with zero attached hydrogens (tertiary/aromatic N) is 3. The number of nitrogens with one attached hydrogen (secondary N) is 1. The number of ether oxygens (including phenoxy) is 2. The lowest BCUT2D eigenvalue weighted by atomic mass is 10.1. The third-order valence-corrected chi connectivity index (χ3v) is 4.14. The van der Waals surface area contributed by atoms with Crippen molar-refractivity contribution in [3.8, 4) is 5.75 Å². The van der Waals surface area contributed by atoms with Crippen LogP contribution in [0.1, 0.15) is 19.5 Å². The minimum absolute atomic E-state index is 0.129. The van der Waals surface area contributed by atoms with Gasteiger partial charge in [-0.15, -0.1) is 0 Å². The highest BCUT2D eigenvalue weighted by molar-refractivity contribution is 5.97. The molecule has 0 spiro atoms. The zero-order valence-electron chi connectivity index (χ0n) is 15.4. The summed E-state index contributed by atoms with van der Waals surface area (Å²) in [7, 11) is 0. The molecule has 0 amide bonds. The van der Waals surface area contributed by atoms with Crippen LogP contribution < -0.4 is 4.74 Å². The third kappa shape index (κ3) is 4.59. The maximum atomic E-state index is 5.80. The number of aliphatic imine (C=N–C) groups is 1. The Balaban J connectivity index is 1.76. The summed E-state index contributed by atoms with van der Waals surface area (Å²) in [5, 5.41) is 8.52. The van der Waals surface area contributed by atoms with Crippen molar-refractivity contribution in [3.05, 3.63) is 42.6 Å². The van der Waals surface area contributed by atoms with Crippen LogP contribution in [0.2, 0.25) is 0 Å². The molecule has 26 heavy (non-hydrogen) atoms. The van der Waals surface area contributed by atoms with Crippen LogP contribution in [0.15, 0.2) is 41.9 Å². The number of aromatic nitrogens is 2. The molecule has 0 saturated carbocycles. The van der Waals surface area contributed by atoms with Gasteiger partial charge in [-0.2, -0.15) is 5.10 Å². The Labute approximate surface area is 154 Å². The highest BCUT2D eigenvalue weighted by Crippen LogP contribution is 2.27. The smallest absolute Gasteiger partial charge is 0.120 e. The fraction of sp³-hybridized carbons (Fsp3) is 0.400. The van der Waals surface area contributed by atoms with Crippen molar-refractivity contribution in [1.29, 1.82) is 0 Å². The Kier molecular flexibility index (Phi) is 6.20. The molecule has 2 heterocycles. The maximum absolute atomic E-state index is 5.80. The molecule has 0 bridgehead atoms. The number of allylic oxidation sites excluding steroid dienone is 3. The fourth-order valence-corrected chi connectivity index (χ4v) is 2.84. The van der Waals surface area contributed by atoms with Gasteiger partial charge in [0.1, 0.15) is 11.4 Å². The zero-order chi connectivity index (χ0) is 18.4.